The van der Waals surface area contributed by atoms with E-state index in [2.05, 4.69) is 10.5 Å². The Balaban J connectivity index is 2.23. The third-order valence-electron chi connectivity index (χ3n) is 4.03. The fraction of sp³-hybridized carbons (Fsp3) is 0.500. The van der Waals surface area contributed by atoms with E-state index in [1.807, 2.05) is 0 Å². The number of hydrogen-bond donors (Lipinski definition) is 1. The van der Waals surface area contributed by atoms with Gasteiger partial charge in [0.1, 0.15) is 5.71 Å². The average molecular weight is 351 g/mol. The molecule has 1 aromatic carbocycles. The van der Waals surface area contributed by atoms with Gasteiger partial charge in [0.05, 0.1) is 21.3 Å². The van der Waals surface area contributed by atoms with Gasteiger partial charge in [-0.05, 0) is 31.4 Å². The molecule has 0 aromatic heterocycles. The van der Waals surface area contributed by atoms with Crippen LogP contribution in [-0.4, -0.2) is 43.9 Å². The molecule has 0 spiro atoms. The number of nitrogens with zero attached hydrogens (tertiary/aromatic N) is 2. The molecule has 1 saturated carbocycles. The normalized spacial score (nSPS) is 18.5. The smallest absolute Gasteiger partial charge is 0.271 e. The fourth-order valence-corrected chi connectivity index (χ4v) is 2.73. The van der Waals surface area contributed by atoms with Gasteiger partial charge < -0.3 is 14.2 Å². The van der Waals surface area contributed by atoms with Crippen LogP contribution in [0.4, 0.5) is 0 Å². The zero-order chi connectivity index (χ0) is 18.4. The molecule has 1 aromatic rings. The van der Waals surface area contributed by atoms with Crippen molar-refractivity contribution < 1.29 is 23.9 Å². The molecule has 25 heavy (non-hydrogen) atoms. The van der Waals surface area contributed by atoms with Crippen LogP contribution < -0.4 is 19.6 Å². The lowest BCUT2D eigenvalue weighted by molar-refractivity contribution is -0.504. The standard InChI is InChI=1S/C16H21N3O6/c1-23-13-8-10(9-14(24-2)15(13)25-3)16(20)18-17-11-6-4-5-7-12(11)19(21)22/h8-9,12H,4-7H2,1-3H3,(H,18,20)/b17-11+. The van der Waals surface area contributed by atoms with Crippen LogP contribution in [0.1, 0.15) is 36.0 Å². The second kappa shape index (κ2) is 8.32. The molecule has 1 atom stereocenters. The Hall–Kier alpha value is -2.84. The number of ether oxygens (including phenoxy) is 3. The van der Waals surface area contributed by atoms with Gasteiger partial charge in [-0.15, -0.1) is 0 Å². The zero-order valence-corrected chi connectivity index (χ0v) is 14.4. The number of rotatable bonds is 6. The van der Waals surface area contributed by atoms with Crippen LogP contribution in [0.3, 0.4) is 0 Å². The molecular formula is C16H21N3O6. The molecule has 0 bridgehead atoms. The molecule has 1 aliphatic carbocycles. The van der Waals surface area contributed by atoms with E-state index in [-0.39, 0.29) is 10.5 Å². The number of carbonyl (C=O) groups excluding carboxylic acids is 1. The molecule has 1 aliphatic rings. The van der Waals surface area contributed by atoms with Gasteiger partial charge in [0.15, 0.2) is 11.5 Å². The number of amides is 1. The van der Waals surface area contributed by atoms with E-state index in [1.54, 1.807) is 0 Å². The van der Waals surface area contributed by atoms with Crippen molar-refractivity contribution in [1.82, 2.24) is 5.43 Å². The molecule has 0 saturated heterocycles. The minimum Gasteiger partial charge on any atom is -0.493 e. The predicted molar refractivity (Wildman–Crippen MR) is 90.2 cm³/mol. The molecule has 1 N–H and O–H groups in total. The summed E-state index contributed by atoms with van der Waals surface area (Å²) >= 11 is 0. The maximum absolute atomic E-state index is 12.4. The first-order chi connectivity index (χ1) is 12.0. The lowest BCUT2D eigenvalue weighted by Gasteiger charge is -2.17. The Bertz CT molecular complexity index is 663. The van der Waals surface area contributed by atoms with E-state index in [0.717, 1.165) is 12.8 Å². The number of benzene rings is 1. The van der Waals surface area contributed by atoms with Crippen molar-refractivity contribution >= 4 is 11.6 Å². The van der Waals surface area contributed by atoms with E-state index in [1.165, 1.54) is 33.5 Å². The molecule has 0 aliphatic heterocycles. The van der Waals surface area contributed by atoms with Crippen LogP contribution in [0.25, 0.3) is 0 Å². The van der Waals surface area contributed by atoms with Gasteiger partial charge in [-0.2, -0.15) is 5.10 Å². The second-order valence-electron chi connectivity index (χ2n) is 5.51. The number of carbonyl (C=O) groups is 1. The summed E-state index contributed by atoms with van der Waals surface area (Å²) in [7, 11) is 4.36. The number of nitrogens with one attached hydrogen (secondary N) is 1. The van der Waals surface area contributed by atoms with Crippen LogP contribution in [0.15, 0.2) is 17.2 Å². The van der Waals surface area contributed by atoms with Gasteiger partial charge in [-0.25, -0.2) is 5.43 Å². The zero-order valence-electron chi connectivity index (χ0n) is 14.4. The van der Waals surface area contributed by atoms with E-state index in [4.69, 9.17) is 14.2 Å². The van der Waals surface area contributed by atoms with Crippen LogP contribution in [0, 0.1) is 10.1 Å². The molecule has 1 unspecified atom stereocenters. The summed E-state index contributed by atoms with van der Waals surface area (Å²) in [5.74, 6) is 0.522. The monoisotopic (exact) mass is 351 g/mol. The van der Waals surface area contributed by atoms with Gasteiger partial charge in [-0.1, -0.05) is 0 Å². The van der Waals surface area contributed by atoms with E-state index in [0.29, 0.717) is 35.8 Å². The predicted octanol–water partition coefficient (Wildman–Crippen LogP) is 2.02. The SMILES string of the molecule is COc1cc(C(=O)N/N=C2\CCCCC2[N+](=O)[O-])cc(OC)c1OC. The van der Waals surface area contributed by atoms with Crippen molar-refractivity contribution in [2.45, 2.75) is 31.7 Å². The first-order valence-electron chi connectivity index (χ1n) is 7.82. The highest BCUT2D eigenvalue weighted by Gasteiger charge is 2.30. The minimum atomic E-state index is -0.839. The molecule has 0 heterocycles. The topological polar surface area (TPSA) is 112 Å². The highest BCUT2D eigenvalue weighted by Crippen LogP contribution is 2.38. The van der Waals surface area contributed by atoms with Crippen LogP contribution in [-0.2, 0) is 0 Å². The molecule has 2 rings (SSSR count). The molecule has 136 valence electrons. The van der Waals surface area contributed by atoms with Gasteiger partial charge >= 0.3 is 0 Å². The molecular weight excluding hydrogens is 330 g/mol. The average Bonchev–Trinajstić information content (AvgIpc) is 2.64. The van der Waals surface area contributed by atoms with E-state index >= 15 is 0 Å². The Morgan fingerprint density at radius 3 is 2.36 bits per heavy atom. The van der Waals surface area contributed by atoms with Crippen molar-refractivity contribution in [3.05, 3.63) is 27.8 Å². The van der Waals surface area contributed by atoms with Gasteiger partial charge in [0.25, 0.3) is 11.9 Å². The Morgan fingerprint density at radius 2 is 1.84 bits per heavy atom. The fourth-order valence-electron chi connectivity index (χ4n) is 2.73. The Kier molecular flexibility index (Phi) is 6.15. The van der Waals surface area contributed by atoms with Gasteiger partial charge in [-0.3, -0.25) is 14.9 Å². The van der Waals surface area contributed by atoms with E-state index in [9.17, 15) is 14.9 Å². The first kappa shape index (κ1) is 18.5. The second-order valence-corrected chi connectivity index (χ2v) is 5.51. The van der Waals surface area contributed by atoms with Crippen molar-refractivity contribution in [2.75, 3.05) is 21.3 Å². The summed E-state index contributed by atoms with van der Waals surface area (Å²) < 4.78 is 15.6. The summed E-state index contributed by atoms with van der Waals surface area (Å²) in [5, 5.41) is 15.1. The highest BCUT2D eigenvalue weighted by molar-refractivity contribution is 5.97. The first-order valence-corrected chi connectivity index (χ1v) is 7.82. The summed E-state index contributed by atoms with van der Waals surface area (Å²) in [4.78, 5) is 23.1. The maximum atomic E-state index is 12.4. The molecule has 9 nitrogen and oxygen atoms in total. The van der Waals surface area contributed by atoms with Crippen molar-refractivity contribution in [1.29, 1.82) is 0 Å². The van der Waals surface area contributed by atoms with Crippen molar-refractivity contribution in [2.24, 2.45) is 5.10 Å². The highest BCUT2D eigenvalue weighted by atomic mass is 16.6. The van der Waals surface area contributed by atoms with Crippen LogP contribution in [0.2, 0.25) is 0 Å². The van der Waals surface area contributed by atoms with E-state index < -0.39 is 11.9 Å². The lowest BCUT2D eigenvalue weighted by Crippen LogP contribution is -2.34. The summed E-state index contributed by atoms with van der Waals surface area (Å²) in [6.07, 6.45) is 2.54. The third kappa shape index (κ3) is 4.17. The van der Waals surface area contributed by atoms with Crippen LogP contribution in [0.5, 0.6) is 17.2 Å². The molecule has 0 radical (unpaired) electrons. The summed E-state index contributed by atoms with van der Waals surface area (Å²) in [5.41, 5.74) is 3.02. The van der Waals surface area contributed by atoms with Gasteiger partial charge in [0, 0.05) is 16.9 Å². The maximum Gasteiger partial charge on any atom is 0.271 e. The number of nitro groups is 1. The largest absolute Gasteiger partial charge is 0.493 e. The lowest BCUT2D eigenvalue weighted by atomic mass is 9.94. The Morgan fingerprint density at radius 1 is 1.20 bits per heavy atom. The minimum absolute atomic E-state index is 0.243. The van der Waals surface area contributed by atoms with Crippen LogP contribution >= 0.6 is 0 Å². The Labute approximate surface area is 145 Å². The molecule has 9 heteroatoms. The summed E-state index contributed by atoms with van der Waals surface area (Å²) in [6.45, 7) is 0. The summed E-state index contributed by atoms with van der Waals surface area (Å²) in [6, 6.07) is 2.14. The number of methoxy groups -OCH3 is 3. The quantitative estimate of drug-likeness (QED) is 0.620. The number of hydrazone groups is 1. The number of hydrogen-bond acceptors (Lipinski definition) is 7. The molecule has 1 fully saturated rings. The van der Waals surface area contributed by atoms with Crippen molar-refractivity contribution in [3.8, 4) is 17.2 Å². The van der Waals surface area contributed by atoms with Crippen molar-refractivity contribution in [3.63, 3.8) is 0 Å². The third-order valence-corrected chi connectivity index (χ3v) is 4.03. The molecule has 1 amide bonds. The van der Waals surface area contributed by atoms with Gasteiger partial charge in [0.2, 0.25) is 5.75 Å².